The molecule has 0 atom stereocenters. The summed E-state index contributed by atoms with van der Waals surface area (Å²) in [5.41, 5.74) is 18.0. The molecule has 0 unspecified atom stereocenters. The first-order valence-electron chi connectivity index (χ1n) is 19.7. The fourth-order valence-electron chi connectivity index (χ4n) is 8.77. The van der Waals surface area contributed by atoms with Gasteiger partial charge in [-0.3, -0.25) is 0 Å². The van der Waals surface area contributed by atoms with Gasteiger partial charge in [0.1, 0.15) is 0 Å². The van der Waals surface area contributed by atoms with E-state index in [4.69, 9.17) is 0 Å². The van der Waals surface area contributed by atoms with E-state index in [1.807, 2.05) is 0 Å². The number of rotatable bonds is 6. The molecule has 0 fully saturated rings. The van der Waals surface area contributed by atoms with Crippen LogP contribution in [0.25, 0.3) is 99.5 Å². The zero-order valence-corrected chi connectivity index (χ0v) is 31.6. The molecule has 57 heavy (non-hydrogen) atoms. The highest BCUT2D eigenvalue weighted by Gasteiger charge is 2.17. The molecule has 0 radical (unpaired) electrons. The van der Waals surface area contributed by atoms with Gasteiger partial charge < -0.3 is 9.13 Å². The van der Waals surface area contributed by atoms with Crippen LogP contribution in [0.4, 0.5) is 0 Å². The Morgan fingerprint density at radius 2 is 0.719 bits per heavy atom. The minimum atomic E-state index is 1.14. The topological polar surface area (TPSA) is 9.86 Å². The number of nitrogens with zero attached hydrogens (tertiary/aromatic N) is 2. The Hall–Kier alpha value is -7.42. The van der Waals surface area contributed by atoms with Crippen molar-refractivity contribution in [2.24, 2.45) is 0 Å². The Labute approximate surface area is 332 Å². The summed E-state index contributed by atoms with van der Waals surface area (Å²) in [6.07, 6.45) is 0. The standard InChI is InChI=1S/C55H38N2/c1-37-23-27-46(28-24-37)56-52-21-10-8-19-48(52)50-29-25-42(36-55(50)56)41-26-30-54-51(35-41)49-20-9-11-22-53(49)57(54)47-18-12-17-40(34-47)45-32-43(38-13-4-2-5-14-38)31-44(33-45)39-15-6-3-7-16-39/h2-36H,1H3. The van der Waals surface area contributed by atoms with Crippen LogP contribution >= 0.6 is 0 Å². The molecule has 0 aliphatic heterocycles. The van der Waals surface area contributed by atoms with Crippen molar-refractivity contribution in [1.29, 1.82) is 0 Å². The Morgan fingerprint density at radius 3 is 1.39 bits per heavy atom. The number of hydrogen-bond donors (Lipinski definition) is 0. The molecule has 0 saturated heterocycles. The van der Waals surface area contributed by atoms with Crippen LogP contribution < -0.4 is 0 Å². The number of benzene rings is 9. The predicted molar refractivity (Wildman–Crippen MR) is 242 cm³/mol. The third kappa shape index (κ3) is 5.65. The van der Waals surface area contributed by atoms with Crippen LogP contribution in [0.3, 0.4) is 0 Å². The molecule has 0 amide bonds. The van der Waals surface area contributed by atoms with Crippen LogP contribution in [0, 0.1) is 6.92 Å². The highest BCUT2D eigenvalue weighted by molar-refractivity contribution is 6.12. The normalized spacial score (nSPS) is 11.6. The summed E-state index contributed by atoms with van der Waals surface area (Å²) in [6, 6.07) is 77.7. The fourth-order valence-corrected chi connectivity index (χ4v) is 8.77. The van der Waals surface area contributed by atoms with Crippen LogP contribution in [0.2, 0.25) is 0 Å². The lowest BCUT2D eigenvalue weighted by molar-refractivity contribution is 1.17. The number of fused-ring (bicyclic) bond motifs is 6. The third-order valence-corrected chi connectivity index (χ3v) is 11.6. The van der Waals surface area contributed by atoms with Crippen molar-refractivity contribution < 1.29 is 0 Å². The smallest absolute Gasteiger partial charge is 0.0547 e. The van der Waals surface area contributed by atoms with Crippen LogP contribution in [0.15, 0.2) is 212 Å². The van der Waals surface area contributed by atoms with E-state index in [-0.39, 0.29) is 0 Å². The van der Waals surface area contributed by atoms with Gasteiger partial charge in [0.2, 0.25) is 0 Å². The zero-order valence-electron chi connectivity index (χ0n) is 31.6. The van der Waals surface area contributed by atoms with E-state index >= 15 is 0 Å². The highest BCUT2D eigenvalue weighted by Crippen LogP contribution is 2.39. The summed E-state index contributed by atoms with van der Waals surface area (Å²) in [5, 5.41) is 5.01. The third-order valence-electron chi connectivity index (χ3n) is 11.6. The maximum absolute atomic E-state index is 2.43. The van der Waals surface area contributed by atoms with E-state index in [9.17, 15) is 0 Å². The molecule has 2 heterocycles. The first-order chi connectivity index (χ1) is 28.2. The van der Waals surface area contributed by atoms with Crippen molar-refractivity contribution in [3.05, 3.63) is 218 Å². The molecular formula is C55H38N2. The van der Waals surface area contributed by atoms with Crippen molar-refractivity contribution in [3.63, 3.8) is 0 Å². The van der Waals surface area contributed by atoms with E-state index in [0.717, 1.165) is 5.69 Å². The summed E-state index contributed by atoms with van der Waals surface area (Å²) in [6.45, 7) is 2.14. The average molecular weight is 727 g/mol. The van der Waals surface area contributed by atoms with Gasteiger partial charge in [-0.1, -0.05) is 145 Å². The molecule has 0 aliphatic rings. The molecule has 9 aromatic carbocycles. The van der Waals surface area contributed by atoms with Gasteiger partial charge in [-0.25, -0.2) is 0 Å². The minimum absolute atomic E-state index is 1.14. The zero-order chi connectivity index (χ0) is 37.9. The molecule has 11 aromatic rings. The van der Waals surface area contributed by atoms with E-state index in [2.05, 4.69) is 228 Å². The highest BCUT2D eigenvalue weighted by atomic mass is 15.0. The molecule has 268 valence electrons. The number of para-hydroxylation sites is 2. The minimum Gasteiger partial charge on any atom is -0.309 e. The van der Waals surface area contributed by atoms with Gasteiger partial charge in [-0.15, -0.1) is 0 Å². The second-order valence-corrected chi connectivity index (χ2v) is 15.1. The lowest BCUT2D eigenvalue weighted by Crippen LogP contribution is -1.95. The molecule has 2 aromatic heterocycles. The second kappa shape index (κ2) is 13.4. The van der Waals surface area contributed by atoms with Gasteiger partial charge in [0.25, 0.3) is 0 Å². The van der Waals surface area contributed by atoms with Gasteiger partial charge in [-0.05, 0) is 124 Å². The SMILES string of the molecule is Cc1ccc(-n2c3ccccc3c3ccc(-c4ccc5c(c4)c4ccccc4n5-c4cccc(-c5cc(-c6ccccc6)cc(-c6ccccc6)c5)c4)cc32)cc1. The van der Waals surface area contributed by atoms with Gasteiger partial charge in [0.15, 0.2) is 0 Å². The molecule has 0 bridgehead atoms. The van der Waals surface area contributed by atoms with Crippen molar-refractivity contribution >= 4 is 43.6 Å². The number of aromatic nitrogens is 2. The number of hydrogen-bond acceptors (Lipinski definition) is 0. The molecular weight excluding hydrogens is 689 g/mol. The van der Waals surface area contributed by atoms with E-state index < -0.39 is 0 Å². The predicted octanol–water partition coefficient (Wildman–Crippen LogP) is 14.9. The van der Waals surface area contributed by atoms with Gasteiger partial charge in [-0.2, -0.15) is 0 Å². The Bertz CT molecular complexity index is 3220. The quantitative estimate of drug-likeness (QED) is 0.161. The Balaban J connectivity index is 1.05. The molecule has 0 spiro atoms. The molecule has 0 N–H and O–H groups in total. The molecule has 0 saturated carbocycles. The molecule has 11 rings (SSSR count). The van der Waals surface area contributed by atoms with Gasteiger partial charge >= 0.3 is 0 Å². The van der Waals surface area contributed by atoms with Crippen molar-refractivity contribution in [2.75, 3.05) is 0 Å². The monoisotopic (exact) mass is 726 g/mol. The first-order valence-corrected chi connectivity index (χ1v) is 19.7. The summed E-state index contributed by atoms with van der Waals surface area (Å²) in [7, 11) is 0. The van der Waals surface area contributed by atoms with Gasteiger partial charge in [0, 0.05) is 32.9 Å². The van der Waals surface area contributed by atoms with E-state index in [1.54, 1.807) is 0 Å². The largest absolute Gasteiger partial charge is 0.309 e. The van der Waals surface area contributed by atoms with Crippen molar-refractivity contribution in [1.82, 2.24) is 9.13 Å². The fraction of sp³-hybridized carbons (Fsp3) is 0.0182. The summed E-state index contributed by atoms with van der Waals surface area (Å²) in [5.74, 6) is 0. The van der Waals surface area contributed by atoms with Crippen molar-refractivity contribution in [2.45, 2.75) is 6.92 Å². The molecule has 2 heteroatoms. The lowest BCUT2D eigenvalue weighted by atomic mass is 9.93. The maximum atomic E-state index is 2.43. The van der Waals surface area contributed by atoms with Crippen LogP contribution in [-0.2, 0) is 0 Å². The Morgan fingerprint density at radius 1 is 0.246 bits per heavy atom. The average Bonchev–Trinajstić information content (AvgIpc) is 3.79. The maximum Gasteiger partial charge on any atom is 0.0547 e. The Kier molecular flexibility index (Phi) is 7.75. The van der Waals surface area contributed by atoms with Crippen LogP contribution in [0.5, 0.6) is 0 Å². The van der Waals surface area contributed by atoms with Crippen LogP contribution in [0.1, 0.15) is 5.56 Å². The van der Waals surface area contributed by atoms with Crippen molar-refractivity contribution in [3.8, 4) is 55.9 Å². The van der Waals surface area contributed by atoms with E-state index in [1.165, 1.54) is 99.4 Å². The van der Waals surface area contributed by atoms with E-state index in [0.29, 0.717) is 0 Å². The molecule has 0 aliphatic carbocycles. The summed E-state index contributed by atoms with van der Waals surface area (Å²) >= 11 is 0. The lowest BCUT2D eigenvalue weighted by Gasteiger charge is -2.14. The molecule has 2 nitrogen and oxygen atoms in total. The van der Waals surface area contributed by atoms with Crippen LogP contribution in [-0.4, -0.2) is 9.13 Å². The summed E-state index contributed by atoms with van der Waals surface area (Å²) < 4.78 is 4.83. The summed E-state index contributed by atoms with van der Waals surface area (Å²) in [4.78, 5) is 0. The first kappa shape index (κ1) is 33.0. The van der Waals surface area contributed by atoms with Gasteiger partial charge in [0.05, 0.1) is 22.1 Å². The number of aryl methyl sites for hydroxylation is 1. The second-order valence-electron chi connectivity index (χ2n) is 15.1.